The lowest BCUT2D eigenvalue weighted by Gasteiger charge is -2.06. The van der Waals surface area contributed by atoms with Crippen LogP contribution >= 0.6 is 11.3 Å². The molecule has 102 valence electrons. The summed E-state index contributed by atoms with van der Waals surface area (Å²) in [6, 6.07) is 13.5. The lowest BCUT2D eigenvalue weighted by atomic mass is 10.1. The fraction of sp³-hybridized carbons (Fsp3) is 0.200. The minimum atomic E-state index is -0.273. The maximum Gasteiger partial charge on any atom is 0.279 e. The van der Waals surface area contributed by atoms with Gasteiger partial charge in [-0.1, -0.05) is 36.4 Å². The van der Waals surface area contributed by atoms with Crippen molar-refractivity contribution in [2.75, 3.05) is 0 Å². The van der Waals surface area contributed by atoms with Gasteiger partial charge in [0.15, 0.2) is 0 Å². The third-order valence-electron chi connectivity index (χ3n) is 3.40. The monoisotopic (exact) mass is 286 g/mol. The van der Waals surface area contributed by atoms with Gasteiger partial charge >= 0.3 is 0 Å². The van der Waals surface area contributed by atoms with E-state index in [1.807, 2.05) is 35.7 Å². The van der Waals surface area contributed by atoms with Crippen LogP contribution in [0.4, 0.5) is 0 Å². The number of thiophene rings is 1. The Balaban J connectivity index is 1.51. The molecular weight excluding hydrogens is 272 g/mol. The van der Waals surface area contributed by atoms with Crippen molar-refractivity contribution in [3.8, 4) is 0 Å². The van der Waals surface area contributed by atoms with Crippen LogP contribution < -0.4 is 10.9 Å². The van der Waals surface area contributed by atoms with Crippen molar-refractivity contribution in [2.24, 2.45) is 5.92 Å². The predicted octanol–water partition coefficient (Wildman–Crippen LogP) is 2.31. The molecule has 1 fully saturated rings. The fourth-order valence-corrected chi connectivity index (χ4v) is 2.85. The van der Waals surface area contributed by atoms with E-state index in [1.54, 1.807) is 12.1 Å². The molecule has 2 N–H and O–H groups in total. The molecule has 0 unspecified atom stereocenters. The highest BCUT2D eigenvalue weighted by atomic mass is 32.1. The Kier molecular flexibility index (Phi) is 3.52. The third-order valence-corrected chi connectivity index (χ3v) is 4.27. The van der Waals surface area contributed by atoms with Gasteiger partial charge in [0.25, 0.3) is 5.91 Å². The van der Waals surface area contributed by atoms with E-state index < -0.39 is 0 Å². The molecule has 0 saturated heterocycles. The highest BCUT2D eigenvalue weighted by Gasteiger charge is 2.43. The Morgan fingerprint density at radius 2 is 1.85 bits per heavy atom. The minimum absolute atomic E-state index is 0.0407. The molecule has 5 heteroatoms. The summed E-state index contributed by atoms with van der Waals surface area (Å²) in [5.74, 6) is -0.162. The molecular formula is C15H14N2O2S. The number of hydrogen-bond donors (Lipinski definition) is 2. The van der Waals surface area contributed by atoms with E-state index in [0.717, 1.165) is 6.42 Å². The Morgan fingerprint density at radius 1 is 1.05 bits per heavy atom. The molecule has 1 heterocycles. The van der Waals surface area contributed by atoms with Gasteiger partial charge in [-0.25, -0.2) is 0 Å². The van der Waals surface area contributed by atoms with Crippen molar-refractivity contribution < 1.29 is 9.59 Å². The first kappa shape index (κ1) is 12.9. The summed E-state index contributed by atoms with van der Waals surface area (Å²) in [6.45, 7) is 0. The predicted molar refractivity (Wildman–Crippen MR) is 77.2 cm³/mol. The first-order valence-electron chi connectivity index (χ1n) is 6.44. The summed E-state index contributed by atoms with van der Waals surface area (Å²) < 4.78 is 0. The highest BCUT2D eigenvalue weighted by Crippen LogP contribution is 2.47. The number of hydrazine groups is 1. The van der Waals surface area contributed by atoms with E-state index in [9.17, 15) is 9.59 Å². The molecule has 20 heavy (non-hydrogen) atoms. The van der Waals surface area contributed by atoms with Gasteiger partial charge in [0.2, 0.25) is 5.91 Å². The number of carbonyl (C=O) groups excluding carboxylic acids is 2. The Bertz CT molecular complexity index is 610. The summed E-state index contributed by atoms with van der Waals surface area (Å²) in [6.07, 6.45) is 0.838. The number of carbonyl (C=O) groups is 2. The van der Waals surface area contributed by atoms with Crippen LogP contribution in [0.3, 0.4) is 0 Å². The number of rotatable bonds is 3. The molecule has 2 aromatic rings. The summed E-state index contributed by atoms with van der Waals surface area (Å²) in [5, 5.41) is 1.82. The zero-order valence-corrected chi connectivity index (χ0v) is 11.5. The standard InChI is InChI=1S/C15H14N2O2S/c18-14(16-17-15(19)13-7-4-8-20-13)12-9-11(12)10-5-2-1-3-6-10/h1-8,11-12H,9H2,(H,16,18)(H,17,19)/t11-,12-/m1/s1. The molecule has 1 aromatic heterocycles. The maximum atomic E-state index is 11.9. The van der Waals surface area contributed by atoms with Crippen LogP contribution in [0.15, 0.2) is 47.8 Å². The Morgan fingerprint density at radius 3 is 2.55 bits per heavy atom. The lowest BCUT2D eigenvalue weighted by Crippen LogP contribution is -2.42. The van der Waals surface area contributed by atoms with E-state index in [-0.39, 0.29) is 23.7 Å². The average molecular weight is 286 g/mol. The SMILES string of the molecule is O=C(NNC(=O)[C@@H]1C[C@@H]1c1ccccc1)c1cccs1. The molecule has 2 atom stereocenters. The molecule has 1 aliphatic rings. The Labute approximate surface area is 120 Å². The van der Waals surface area contributed by atoms with Crippen molar-refractivity contribution in [3.63, 3.8) is 0 Å². The van der Waals surface area contributed by atoms with Gasteiger partial charge in [-0.3, -0.25) is 20.4 Å². The molecule has 1 aliphatic carbocycles. The maximum absolute atomic E-state index is 11.9. The number of hydrogen-bond acceptors (Lipinski definition) is 3. The van der Waals surface area contributed by atoms with Crippen LogP contribution in [0.25, 0.3) is 0 Å². The van der Waals surface area contributed by atoms with Crippen molar-refractivity contribution in [1.29, 1.82) is 0 Å². The van der Waals surface area contributed by atoms with Crippen LogP contribution in [0.2, 0.25) is 0 Å². The molecule has 1 saturated carbocycles. The summed E-state index contributed by atoms with van der Waals surface area (Å²) in [7, 11) is 0. The van der Waals surface area contributed by atoms with Crippen LogP contribution in [-0.4, -0.2) is 11.8 Å². The van der Waals surface area contributed by atoms with Gasteiger partial charge in [-0.05, 0) is 29.3 Å². The zero-order chi connectivity index (χ0) is 13.9. The lowest BCUT2D eigenvalue weighted by molar-refractivity contribution is -0.123. The molecule has 0 bridgehead atoms. The van der Waals surface area contributed by atoms with Gasteiger partial charge in [0.05, 0.1) is 4.88 Å². The number of nitrogens with one attached hydrogen (secondary N) is 2. The number of benzene rings is 1. The second-order valence-corrected chi connectivity index (χ2v) is 5.73. The third kappa shape index (κ3) is 2.72. The first-order chi connectivity index (χ1) is 9.75. The summed E-state index contributed by atoms with van der Waals surface area (Å²) in [4.78, 5) is 24.2. The normalized spacial score (nSPS) is 20.2. The topological polar surface area (TPSA) is 58.2 Å². The molecule has 2 amide bonds. The molecule has 0 radical (unpaired) electrons. The van der Waals surface area contributed by atoms with Crippen molar-refractivity contribution in [2.45, 2.75) is 12.3 Å². The smallest absolute Gasteiger partial charge is 0.273 e. The van der Waals surface area contributed by atoms with Crippen molar-refractivity contribution in [3.05, 3.63) is 58.3 Å². The van der Waals surface area contributed by atoms with E-state index in [1.165, 1.54) is 16.9 Å². The van der Waals surface area contributed by atoms with Gasteiger partial charge < -0.3 is 0 Å². The average Bonchev–Trinajstić information content (AvgIpc) is 3.10. The minimum Gasteiger partial charge on any atom is -0.273 e. The second kappa shape index (κ2) is 5.46. The fourth-order valence-electron chi connectivity index (χ4n) is 2.23. The molecule has 3 rings (SSSR count). The van der Waals surface area contributed by atoms with E-state index in [4.69, 9.17) is 0 Å². The highest BCUT2D eigenvalue weighted by molar-refractivity contribution is 7.12. The van der Waals surface area contributed by atoms with Gasteiger partial charge in [0, 0.05) is 5.92 Å². The van der Waals surface area contributed by atoms with E-state index >= 15 is 0 Å². The number of amides is 2. The van der Waals surface area contributed by atoms with Gasteiger partial charge in [-0.2, -0.15) is 0 Å². The van der Waals surface area contributed by atoms with Crippen LogP contribution in [-0.2, 0) is 4.79 Å². The van der Waals surface area contributed by atoms with Crippen LogP contribution in [0.1, 0.15) is 27.6 Å². The van der Waals surface area contributed by atoms with Crippen molar-refractivity contribution in [1.82, 2.24) is 10.9 Å². The van der Waals surface area contributed by atoms with Gasteiger partial charge in [-0.15, -0.1) is 11.3 Å². The van der Waals surface area contributed by atoms with E-state index in [2.05, 4.69) is 10.9 Å². The molecule has 0 spiro atoms. The van der Waals surface area contributed by atoms with Crippen LogP contribution in [0, 0.1) is 5.92 Å². The Hall–Kier alpha value is -2.14. The van der Waals surface area contributed by atoms with Gasteiger partial charge in [0.1, 0.15) is 0 Å². The summed E-state index contributed by atoms with van der Waals surface area (Å²) in [5.41, 5.74) is 6.13. The summed E-state index contributed by atoms with van der Waals surface area (Å²) >= 11 is 1.34. The molecule has 4 nitrogen and oxygen atoms in total. The van der Waals surface area contributed by atoms with E-state index in [0.29, 0.717) is 4.88 Å². The first-order valence-corrected chi connectivity index (χ1v) is 7.32. The largest absolute Gasteiger partial charge is 0.279 e. The molecule has 0 aliphatic heterocycles. The quantitative estimate of drug-likeness (QED) is 0.851. The zero-order valence-electron chi connectivity index (χ0n) is 10.7. The van der Waals surface area contributed by atoms with Crippen molar-refractivity contribution >= 4 is 23.2 Å². The van der Waals surface area contributed by atoms with Crippen LogP contribution in [0.5, 0.6) is 0 Å². The molecule has 1 aromatic carbocycles. The second-order valence-electron chi connectivity index (χ2n) is 4.78.